The van der Waals surface area contributed by atoms with Gasteiger partial charge in [-0.25, -0.2) is 9.78 Å². The van der Waals surface area contributed by atoms with E-state index in [2.05, 4.69) is 20.1 Å². The summed E-state index contributed by atoms with van der Waals surface area (Å²) in [6, 6.07) is 3.60. The van der Waals surface area contributed by atoms with Crippen molar-refractivity contribution in [1.29, 1.82) is 0 Å². The fraction of sp³-hybridized carbons (Fsp3) is 0.471. The first-order chi connectivity index (χ1) is 12.9. The van der Waals surface area contributed by atoms with Gasteiger partial charge in [-0.3, -0.25) is 10.00 Å². The van der Waals surface area contributed by atoms with Crippen molar-refractivity contribution in [1.82, 2.24) is 20.1 Å². The molecule has 142 valence electrons. The minimum atomic E-state index is -2.54. The molecule has 5 rings (SSSR count). The molecule has 1 aromatic carbocycles. The second kappa shape index (κ2) is 5.78. The second-order valence-corrected chi connectivity index (χ2v) is 7.89. The summed E-state index contributed by atoms with van der Waals surface area (Å²) in [6.45, 7) is -0.617. The molecule has 4 N–H and O–H groups in total. The van der Waals surface area contributed by atoms with Crippen molar-refractivity contribution in [2.75, 3.05) is 13.1 Å². The first kappa shape index (κ1) is 16.7. The van der Waals surface area contributed by atoms with Gasteiger partial charge in [0, 0.05) is 13.1 Å². The van der Waals surface area contributed by atoms with E-state index < -0.39 is 12.5 Å². The minimum absolute atomic E-state index is 0.0169. The van der Waals surface area contributed by atoms with Gasteiger partial charge in [0.05, 0.1) is 6.54 Å². The van der Waals surface area contributed by atoms with E-state index in [1.54, 1.807) is 6.07 Å². The third-order valence-corrected chi connectivity index (χ3v) is 6.00. The number of aromatic nitrogens is 3. The van der Waals surface area contributed by atoms with Gasteiger partial charge in [0.2, 0.25) is 6.55 Å². The van der Waals surface area contributed by atoms with Gasteiger partial charge in [-0.1, -0.05) is 24.4 Å². The number of hydrogen-bond donors (Lipinski definition) is 4. The Hall–Kier alpha value is -2.43. The average Bonchev–Trinajstić information content (AvgIpc) is 3.23. The highest BCUT2D eigenvalue weighted by atomic mass is 16.5. The van der Waals surface area contributed by atoms with Crippen LogP contribution in [0.2, 0.25) is 5.82 Å². The van der Waals surface area contributed by atoms with Crippen molar-refractivity contribution in [2.45, 2.75) is 37.1 Å². The van der Waals surface area contributed by atoms with E-state index in [1.165, 1.54) is 6.33 Å². The Morgan fingerprint density at radius 3 is 2.89 bits per heavy atom. The number of likely N-dealkylation sites (tertiary alicyclic amines) is 1. The number of aromatic carboxylic acids is 1. The van der Waals surface area contributed by atoms with Crippen LogP contribution in [0.3, 0.4) is 0 Å². The molecular weight excluding hydrogens is 351 g/mol. The number of aromatic amines is 1. The Morgan fingerprint density at radius 2 is 2.19 bits per heavy atom. The highest BCUT2D eigenvalue weighted by molar-refractivity contribution is 6.67. The second-order valence-electron chi connectivity index (χ2n) is 7.89. The molecule has 1 saturated carbocycles. The number of hydrogen-bond acceptors (Lipinski definition) is 7. The number of fused-ring (bicyclic) bond motifs is 3. The Morgan fingerprint density at radius 1 is 1.37 bits per heavy atom. The van der Waals surface area contributed by atoms with Crippen LogP contribution in [0.5, 0.6) is 5.75 Å². The van der Waals surface area contributed by atoms with Gasteiger partial charge in [0.15, 0.2) is 5.82 Å². The Labute approximate surface area is 155 Å². The maximum absolute atomic E-state index is 11.9. The fourth-order valence-corrected chi connectivity index (χ4v) is 4.57. The van der Waals surface area contributed by atoms with Crippen LogP contribution in [0.1, 0.15) is 39.6 Å². The molecule has 2 atom stereocenters. The molecule has 9 nitrogen and oxygen atoms in total. The predicted octanol–water partition coefficient (Wildman–Crippen LogP) is 0.146. The number of nitrogens with one attached hydrogen (secondary N) is 1. The lowest BCUT2D eigenvalue weighted by atomic mass is 9.45. The normalized spacial score (nSPS) is 26.0. The van der Waals surface area contributed by atoms with Crippen molar-refractivity contribution in [3.8, 4) is 5.75 Å². The summed E-state index contributed by atoms with van der Waals surface area (Å²) >= 11 is 0. The van der Waals surface area contributed by atoms with Crippen LogP contribution in [-0.2, 0) is 12.9 Å². The summed E-state index contributed by atoms with van der Waals surface area (Å²) in [7, 11) is 0. The van der Waals surface area contributed by atoms with Crippen LogP contribution in [0, 0.1) is 0 Å². The number of carboxylic acid groups (broad SMARTS) is 1. The van der Waals surface area contributed by atoms with Gasteiger partial charge in [-0.15, -0.1) is 5.82 Å². The maximum atomic E-state index is 11.9. The largest absolute Gasteiger partial charge is 0.583 e. The maximum Gasteiger partial charge on any atom is 0.339 e. The summed E-state index contributed by atoms with van der Waals surface area (Å²) in [5.41, 5.74) is 1.51. The van der Waals surface area contributed by atoms with Crippen molar-refractivity contribution in [3.63, 3.8) is 0 Å². The zero-order valence-corrected chi connectivity index (χ0v) is 14.6. The Kier molecular flexibility index (Phi) is 3.58. The molecule has 0 spiro atoms. The molecule has 3 heterocycles. The van der Waals surface area contributed by atoms with E-state index in [-0.39, 0.29) is 29.7 Å². The highest BCUT2D eigenvalue weighted by Gasteiger charge is 2.52. The van der Waals surface area contributed by atoms with E-state index in [1.807, 2.05) is 6.07 Å². The number of carbonyl (C=O) groups is 1. The first-order valence-corrected chi connectivity index (χ1v) is 9.16. The van der Waals surface area contributed by atoms with Crippen molar-refractivity contribution in [2.24, 2.45) is 0 Å². The van der Waals surface area contributed by atoms with Crippen LogP contribution in [0.15, 0.2) is 18.5 Å². The average molecular weight is 371 g/mol. The Balaban J connectivity index is 1.34. The summed E-state index contributed by atoms with van der Waals surface area (Å²) < 4.78 is 5.95. The lowest BCUT2D eigenvalue weighted by molar-refractivity contribution is 0.0121. The quantitative estimate of drug-likeness (QED) is 0.546. The van der Waals surface area contributed by atoms with Crippen LogP contribution >= 0.6 is 0 Å². The third kappa shape index (κ3) is 2.80. The van der Waals surface area contributed by atoms with Gasteiger partial charge in [-0.05, 0) is 17.5 Å². The molecule has 0 bridgehead atoms. The van der Waals surface area contributed by atoms with Crippen LogP contribution in [-0.4, -0.2) is 67.0 Å². The molecule has 10 heteroatoms. The highest BCUT2D eigenvalue weighted by Crippen LogP contribution is 2.62. The molecule has 27 heavy (non-hydrogen) atoms. The number of carboxylic acids is 1. The predicted molar refractivity (Wildman–Crippen MR) is 94.5 cm³/mol. The van der Waals surface area contributed by atoms with Gasteiger partial charge in [0.1, 0.15) is 23.7 Å². The Bertz CT molecular complexity index is 897. The van der Waals surface area contributed by atoms with Crippen LogP contribution in [0.4, 0.5) is 0 Å². The summed E-state index contributed by atoms with van der Waals surface area (Å²) in [5.74, 6) is -0.172. The van der Waals surface area contributed by atoms with Gasteiger partial charge < -0.3 is 19.9 Å². The van der Waals surface area contributed by atoms with Crippen molar-refractivity contribution < 1.29 is 24.7 Å². The first-order valence-electron chi connectivity index (χ1n) is 9.16. The van der Waals surface area contributed by atoms with Gasteiger partial charge in [-0.2, -0.15) is 5.10 Å². The lowest BCUT2D eigenvalue weighted by Gasteiger charge is -2.39. The molecule has 2 aromatic rings. The summed E-state index contributed by atoms with van der Waals surface area (Å²) in [6.07, 6.45) is 2.11. The molecular formula is C17H20BN4O5-. The standard InChI is InChI=1S/C17H20BN4O5/c23-17(24)16-12-4-18(25,26)13-3-11(13)10(12)1-2-14(16)27-9-5-22(6-9)7-15-19-8-20-21-15/h1-2,8-9,11,13,25-26H,3-7H2,(H,23,24)(H,19,20,21)/q-1/t11-,13-/m0/s1. The van der Waals surface area contributed by atoms with Crippen molar-refractivity contribution in [3.05, 3.63) is 41.0 Å². The zero-order valence-electron chi connectivity index (χ0n) is 14.6. The smallest absolute Gasteiger partial charge is 0.339 e. The number of benzene rings is 1. The molecule has 1 aromatic heterocycles. The number of ether oxygens (including phenoxy) is 1. The molecule has 2 aliphatic heterocycles. The van der Waals surface area contributed by atoms with E-state index in [9.17, 15) is 19.9 Å². The fourth-order valence-electron chi connectivity index (χ4n) is 4.57. The summed E-state index contributed by atoms with van der Waals surface area (Å²) in [4.78, 5) is 18.1. The van der Waals surface area contributed by atoms with E-state index >= 15 is 0 Å². The molecule has 3 aliphatic rings. The SMILES string of the molecule is O=C(O)c1c(OC2CN(Cc3nc[nH]n3)C2)ccc2c1C[B-](O)(O)[C@H]1C[C@@H]21. The third-order valence-electron chi connectivity index (χ3n) is 6.00. The number of H-pyrrole nitrogens is 1. The van der Waals surface area contributed by atoms with Crippen LogP contribution < -0.4 is 4.74 Å². The zero-order chi connectivity index (χ0) is 18.8. The molecule has 2 fully saturated rings. The van der Waals surface area contributed by atoms with E-state index in [0.717, 1.165) is 5.56 Å². The van der Waals surface area contributed by atoms with Gasteiger partial charge >= 0.3 is 5.97 Å². The molecule has 1 aliphatic carbocycles. The topological polar surface area (TPSA) is 132 Å². The monoisotopic (exact) mass is 371 g/mol. The molecule has 0 amide bonds. The van der Waals surface area contributed by atoms with E-state index in [0.29, 0.717) is 43.2 Å². The minimum Gasteiger partial charge on any atom is -0.583 e. The number of nitrogens with zero attached hydrogens (tertiary/aromatic N) is 3. The molecule has 0 unspecified atom stereocenters. The number of rotatable bonds is 5. The van der Waals surface area contributed by atoms with Crippen molar-refractivity contribution >= 4 is 12.5 Å². The lowest BCUT2D eigenvalue weighted by Crippen LogP contribution is -2.53. The summed E-state index contributed by atoms with van der Waals surface area (Å²) in [5, 5.41) is 37.0. The van der Waals surface area contributed by atoms with Crippen LogP contribution in [0.25, 0.3) is 0 Å². The molecule has 0 radical (unpaired) electrons. The van der Waals surface area contributed by atoms with Gasteiger partial charge in [0.25, 0.3) is 0 Å². The molecule has 1 saturated heterocycles. The van der Waals surface area contributed by atoms with E-state index in [4.69, 9.17) is 4.74 Å².